The van der Waals surface area contributed by atoms with Crippen LogP contribution in [0.25, 0.3) is 0 Å². The minimum absolute atomic E-state index is 0.232. The summed E-state index contributed by atoms with van der Waals surface area (Å²) in [5.74, 6) is -0.288. The van der Waals surface area contributed by atoms with Gasteiger partial charge in [-0.1, -0.05) is 284 Å². The molecule has 12 N–H and O–H groups in total. The topological polar surface area (TPSA) is 307 Å². The van der Waals surface area contributed by atoms with Gasteiger partial charge in [0.15, 0.2) is 18.9 Å². The van der Waals surface area contributed by atoms with Crippen molar-refractivity contribution in [2.45, 2.75) is 388 Å². The maximum absolute atomic E-state index is 13.4. The van der Waals surface area contributed by atoms with Crippen LogP contribution in [0.5, 0.6) is 0 Å². The molecule has 584 valence electrons. The summed E-state index contributed by atoms with van der Waals surface area (Å²) in [5, 5.41) is 121. The molecular weight excluding hydrogens is 1290 g/mol. The molecule has 0 radical (unpaired) electrons. The molecular formula is C82H143NO18. The molecule has 17 atom stereocenters. The van der Waals surface area contributed by atoms with Crippen LogP contribution in [0.3, 0.4) is 0 Å². The van der Waals surface area contributed by atoms with Crippen molar-refractivity contribution < 1.29 is 89.4 Å². The first-order valence-electron chi connectivity index (χ1n) is 40.0. The Labute approximate surface area is 609 Å². The molecule has 0 aromatic carbocycles. The Morgan fingerprint density at radius 1 is 0.366 bits per heavy atom. The zero-order valence-electron chi connectivity index (χ0n) is 62.4. The highest BCUT2D eigenvalue weighted by molar-refractivity contribution is 5.76. The van der Waals surface area contributed by atoms with Crippen LogP contribution in [-0.2, 0) is 33.2 Å². The smallest absolute Gasteiger partial charge is 0.220 e. The van der Waals surface area contributed by atoms with Gasteiger partial charge in [-0.15, -0.1) is 0 Å². The average molecular weight is 1430 g/mol. The van der Waals surface area contributed by atoms with Gasteiger partial charge >= 0.3 is 0 Å². The van der Waals surface area contributed by atoms with E-state index >= 15 is 0 Å². The fraction of sp³-hybridized carbons (Fsp3) is 0.793. The van der Waals surface area contributed by atoms with E-state index in [0.717, 1.165) is 77.0 Å². The number of aliphatic hydroxyl groups is 11. The molecule has 3 aliphatic heterocycles. The standard InChI is InChI=1S/C82H143NO18/c1-3-5-7-9-11-13-15-17-19-20-21-22-23-24-25-26-27-28-29-30-31-32-33-34-35-36-37-38-39-40-41-42-43-44-46-48-50-52-54-56-58-60-70(88)83-65(66(87)59-57-55-53-51-49-47-45-18-16-14-12-10-8-6-4-2)64-96-80-76(94)73(91)78(68(62-85)98-80)101-82-77(95)74(92)79(69(63-86)99-82)100-81-75(93)72(90)71(89)67(61-84)97-81/h5,7,11,13,16-19,21-22,24-25,49,51,57,59,65-69,71-82,84-87,89-95H,3-4,6,8-10,12,14-15,20,23,26-48,50,52-56,58,60-64H2,1-2H3,(H,83,88)/b7-5-,13-11-,18-16+,19-17-,22-21-,25-24-,51-49+,59-57+. The van der Waals surface area contributed by atoms with E-state index in [4.69, 9.17) is 28.4 Å². The Hall–Kier alpha value is -3.29. The zero-order chi connectivity index (χ0) is 73.2. The van der Waals surface area contributed by atoms with Crippen LogP contribution < -0.4 is 5.32 Å². The molecule has 0 spiro atoms. The van der Waals surface area contributed by atoms with Gasteiger partial charge in [0.2, 0.25) is 5.91 Å². The molecule has 1 amide bonds. The van der Waals surface area contributed by atoms with Crippen molar-refractivity contribution in [3.63, 3.8) is 0 Å². The van der Waals surface area contributed by atoms with E-state index in [0.29, 0.717) is 12.8 Å². The van der Waals surface area contributed by atoms with Gasteiger partial charge in [-0.05, 0) is 89.9 Å². The highest BCUT2D eigenvalue weighted by atomic mass is 16.8. The first-order chi connectivity index (χ1) is 49.3. The van der Waals surface area contributed by atoms with Gasteiger partial charge in [0.1, 0.15) is 73.2 Å². The lowest BCUT2D eigenvalue weighted by Gasteiger charge is -2.48. The number of hydrogen-bond donors (Lipinski definition) is 12. The first kappa shape index (κ1) is 91.9. The van der Waals surface area contributed by atoms with Crippen LogP contribution >= 0.6 is 0 Å². The molecule has 0 saturated carbocycles. The van der Waals surface area contributed by atoms with Crippen molar-refractivity contribution in [3.05, 3.63) is 97.2 Å². The van der Waals surface area contributed by atoms with Gasteiger partial charge in [-0.2, -0.15) is 0 Å². The summed E-state index contributed by atoms with van der Waals surface area (Å²) in [7, 11) is 0. The van der Waals surface area contributed by atoms with Gasteiger partial charge in [-0.25, -0.2) is 0 Å². The number of aliphatic hydroxyl groups excluding tert-OH is 11. The lowest BCUT2D eigenvalue weighted by molar-refractivity contribution is -0.379. The molecule has 0 aliphatic carbocycles. The lowest BCUT2D eigenvalue weighted by atomic mass is 9.96. The van der Waals surface area contributed by atoms with Crippen molar-refractivity contribution >= 4 is 5.91 Å². The highest BCUT2D eigenvalue weighted by Gasteiger charge is 2.54. The number of nitrogens with one attached hydrogen (secondary N) is 1. The Kier molecular flexibility index (Phi) is 56.3. The van der Waals surface area contributed by atoms with Gasteiger partial charge in [0.25, 0.3) is 0 Å². The number of rotatable bonds is 62. The summed E-state index contributed by atoms with van der Waals surface area (Å²) in [6.45, 7) is 1.58. The number of carbonyl (C=O) groups excluding carboxylic acids is 1. The predicted molar refractivity (Wildman–Crippen MR) is 401 cm³/mol. The number of unbranched alkanes of at least 4 members (excludes halogenated alkanes) is 32. The van der Waals surface area contributed by atoms with Crippen LogP contribution in [0.1, 0.15) is 284 Å². The molecule has 3 heterocycles. The summed E-state index contributed by atoms with van der Waals surface area (Å²) in [5.41, 5.74) is 0. The van der Waals surface area contributed by atoms with Crippen LogP contribution in [-0.4, -0.2) is 193 Å². The molecule has 3 fully saturated rings. The van der Waals surface area contributed by atoms with E-state index in [1.807, 2.05) is 6.08 Å². The molecule has 19 nitrogen and oxygen atoms in total. The molecule has 0 aromatic rings. The highest BCUT2D eigenvalue weighted by Crippen LogP contribution is 2.33. The van der Waals surface area contributed by atoms with Crippen molar-refractivity contribution in [1.29, 1.82) is 0 Å². The Bertz CT molecular complexity index is 2200. The third-order valence-corrected chi connectivity index (χ3v) is 19.3. The summed E-state index contributed by atoms with van der Waals surface area (Å²) >= 11 is 0. The van der Waals surface area contributed by atoms with Crippen LogP contribution in [0.15, 0.2) is 97.2 Å². The number of carbonyl (C=O) groups is 1. The van der Waals surface area contributed by atoms with Crippen molar-refractivity contribution in [3.8, 4) is 0 Å². The first-order valence-corrected chi connectivity index (χ1v) is 40.0. The largest absolute Gasteiger partial charge is 0.394 e. The molecule has 0 bridgehead atoms. The van der Waals surface area contributed by atoms with E-state index in [1.165, 1.54) is 173 Å². The van der Waals surface area contributed by atoms with E-state index in [9.17, 15) is 61.0 Å². The normalized spacial score (nSPS) is 26.8. The van der Waals surface area contributed by atoms with Crippen LogP contribution in [0.4, 0.5) is 0 Å². The third kappa shape index (κ3) is 42.0. The van der Waals surface area contributed by atoms with Gasteiger partial charge in [0, 0.05) is 6.42 Å². The Morgan fingerprint density at radius 2 is 0.693 bits per heavy atom. The zero-order valence-corrected chi connectivity index (χ0v) is 62.4. The lowest BCUT2D eigenvalue weighted by Crippen LogP contribution is -2.66. The van der Waals surface area contributed by atoms with Crippen molar-refractivity contribution in [2.24, 2.45) is 0 Å². The second-order valence-electron chi connectivity index (χ2n) is 28.1. The molecule has 3 saturated heterocycles. The van der Waals surface area contributed by atoms with Gasteiger partial charge < -0.3 is 89.9 Å². The molecule has 3 aliphatic rings. The maximum Gasteiger partial charge on any atom is 0.220 e. The van der Waals surface area contributed by atoms with Gasteiger partial charge in [-0.3, -0.25) is 4.79 Å². The number of ether oxygens (including phenoxy) is 6. The molecule has 19 heteroatoms. The number of hydrogen-bond acceptors (Lipinski definition) is 18. The Morgan fingerprint density at radius 3 is 1.11 bits per heavy atom. The Balaban J connectivity index is 1.29. The third-order valence-electron chi connectivity index (χ3n) is 19.3. The van der Waals surface area contributed by atoms with Crippen molar-refractivity contribution in [2.75, 3.05) is 26.4 Å². The minimum atomic E-state index is -1.98. The fourth-order valence-electron chi connectivity index (χ4n) is 13.0. The summed E-state index contributed by atoms with van der Waals surface area (Å²) < 4.78 is 34.4. The van der Waals surface area contributed by atoms with Crippen molar-refractivity contribution in [1.82, 2.24) is 5.32 Å². The summed E-state index contributed by atoms with van der Waals surface area (Å²) in [6.07, 6.45) is 57.1. The van der Waals surface area contributed by atoms with Crippen LogP contribution in [0, 0.1) is 0 Å². The maximum atomic E-state index is 13.4. The summed E-state index contributed by atoms with van der Waals surface area (Å²) in [4.78, 5) is 13.4. The second kappa shape index (κ2) is 61.8. The number of amides is 1. The van der Waals surface area contributed by atoms with Gasteiger partial charge in [0.05, 0.1) is 38.6 Å². The molecule has 3 rings (SSSR count). The molecule has 0 aromatic heterocycles. The van der Waals surface area contributed by atoms with Crippen LogP contribution in [0.2, 0.25) is 0 Å². The van der Waals surface area contributed by atoms with E-state index in [1.54, 1.807) is 6.08 Å². The average Bonchev–Trinajstić information content (AvgIpc) is 0.782. The summed E-state index contributed by atoms with van der Waals surface area (Å²) in [6, 6.07) is -0.999. The van der Waals surface area contributed by atoms with E-state index in [2.05, 4.69) is 104 Å². The number of allylic oxidation sites excluding steroid dienone is 15. The SMILES string of the molecule is CC/C=C\C/C=C\C/C=C\C/C=C\C/C=C\CCCCCCCCCCCCCCCCCCCCCCCCCCCC(=O)NC(COC1OC(CO)C(OC2OC(CO)C(OC3OC(CO)C(O)C(O)C3O)C(O)C2O)C(O)C1O)C(O)/C=C/CC/C=C/CC/C=C/CCCCCCC. The minimum Gasteiger partial charge on any atom is -0.394 e. The predicted octanol–water partition coefficient (Wildman–Crippen LogP) is 13.2. The fourth-order valence-corrected chi connectivity index (χ4v) is 13.0. The monoisotopic (exact) mass is 1430 g/mol. The molecule has 17 unspecified atom stereocenters. The van der Waals surface area contributed by atoms with E-state index in [-0.39, 0.29) is 18.9 Å². The quantitative estimate of drug-likeness (QED) is 0.0199. The van der Waals surface area contributed by atoms with E-state index < -0.39 is 124 Å². The second-order valence-corrected chi connectivity index (χ2v) is 28.1. The molecule has 101 heavy (non-hydrogen) atoms.